The van der Waals surface area contributed by atoms with Crippen molar-refractivity contribution in [3.63, 3.8) is 0 Å². The second-order valence-electron chi connectivity index (χ2n) is 3.55. The van der Waals surface area contributed by atoms with Gasteiger partial charge in [-0.25, -0.2) is 4.98 Å². The largest absolute Gasteiger partial charge is 0.300 e. The van der Waals surface area contributed by atoms with Crippen LogP contribution in [-0.4, -0.2) is 20.7 Å². The molecular formula is C13H10N4OS. The lowest BCUT2D eigenvalue weighted by Gasteiger charge is -2.05. The summed E-state index contributed by atoms with van der Waals surface area (Å²) < 4.78 is 0. The van der Waals surface area contributed by atoms with Gasteiger partial charge in [-0.05, 0) is 12.1 Å². The van der Waals surface area contributed by atoms with Crippen molar-refractivity contribution in [2.24, 2.45) is 0 Å². The van der Waals surface area contributed by atoms with Gasteiger partial charge in [-0.3, -0.25) is 9.78 Å². The highest BCUT2D eigenvalue weighted by Crippen LogP contribution is 2.20. The molecule has 5 nitrogen and oxygen atoms in total. The molecule has 0 amide bonds. The lowest BCUT2D eigenvalue weighted by molar-refractivity contribution is 0.935. The molecule has 1 N–H and O–H groups in total. The molecule has 2 heterocycles. The third kappa shape index (κ3) is 2.89. The van der Waals surface area contributed by atoms with E-state index in [0.29, 0.717) is 22.2 Å². The molecule has 0 atom stereocenters. The van der Waals surface area contributed by atoms with Gasteiger partial charge >= 0.3 is 0 Å². The van der Waals surface area contributed by atoms with Gasteiger partial charge in [0.1, 0.15) is 11.6 Å². The third-order valence-corrected chi connectivity index (χ3v) is 3.15. The number of aromatic nitrogens is 3. The molecule has 0 radical (unpaired) electrons. The number of hydrogen-bond donors (Lipinski definition) is 1. The number of nitriles is 1. The van der Waals surface area contributed by atoms with Crippen molar-refractivity contribution in [1.29, 1.82) is 5.26 Å². The Morgan fingerprint density at radius 2 is 2.42 bits per heavy atom. The number of thioether (sulfide) groups is 1. The van der Waals surface area contributed by atoms with Gasteiger partial charge in [-0.15, -0.1) is 6.58 Å². The lowest BCUT2D eigenvalue weighted by Crippen LogP contribution is -2.14. The topological polar surface area (TPSA) is 82.4 Å². The number of H-pyrrole nitrogens is 1. The first kappa shape index (κ1) is 13.1. The number of nitrogens with one attached hydrogen (secondary N) is 1. The molecule has 0 bridgehead atoms. The second-order valence-corrected chi connectivity index (χ2v) is 4.56. The molecule has 0 aromatic carbocycles. The van der Waals surface area contributed by atoms with Crippen LogP contribution in [-0.2, 0) is 0 Å². The zero-order valence-corrected chi connectivity index (χ0v) is 10.8. The highest BCUT2D eigenvalue weighted by atomic mass is 32.2. The molecule has 19 heavy (non-hydrogen) atoms. The Morgan fingerprint density at radius 3 is 3.05 bits per heavy atom. The van der Waals surface area contributed by atoms with E-state index in [9.17, 15) is 4.79 Å². The third-order valence-electron chi connectivity index (χ3n) is 2.28. The van der Waals surface area contributed by atoms with Crippen molar-refractivity contribution in [3.8, 4) is 17.3 Å². The smallest absolute Gasteiger partial charge is 0.270 e. The van der Waals surface area contributed by atoms with E-state index in [2.05, 4.69) is 21.5 Å². The maximum absolute atomic E-state index is 11.9. The fourth-order valence-electron chi connectivity index (χ4n) is 1.47. The summed E-state index contributed by atoms with van der Waals surface area (Å²) >= 11 is 1.35. The number of nitrogens with zero attached hydrogens (tertiary/aromatic N) is 3. The van der Waals surface area contributed by atoms with Gasteiger partial charge < -0.3 is 4.98 Å². The van der Waals surface area contributed by atoms with Gasteiger partial charge in [0.15, 0.2) is 5.16 Å². The normalized spacial score (nSPS) is 9.84. The summed E-state index contributed by atoms with van der Waals surface area (Å²) in [7, 11) is 0. The van der Waals surface area contributed by atoms with Gasteiger partial charge in [0.05, 0.1) is 5.69 Å². The molecule has 94 valence electrons. The maximum atomic E-state index is 11.9. The molecule has 0 saturated carbocycles. The summed E-state index contributed by atoms with van der Waals surface area (Å²) in [5.41, 5.74) is 0.551. The van der Waals surface area contributed by atoms with Crippen LogP contribution in [0.2, 0.25) is 0 Å². The molecule has 0 aliphatic rings. The summed E-state index contributed by atoms with van der Waals surface area (Å²) in [4.78, 5) is 22.7. The van der Waals surface area contributed by atoms with Crippen molar-refractivity contribution in [2.75, 3.05) is 5.75 Å². The van der Waals surface area contributed by atoms with Gasteiger partial charge in [0.25, 0.3) is 5.56 Å². The van der Waals surface area contributed by atoms with E-state index in [0.717, 1.165) is 0 Å². The number of pyridine rings is 1. The van der Waals surface area contributed by atoms with Crippen LogP contribution in [0, 0.1) is 11.3 Å². The highest BCUT2D eigenvalue weighted by Gasteiger charge is 2.13. The van der Waals surface area contributed by atoms with Crippen LogP contribution in [0.5, 0.6) is 0 Å². The van der Waals surface area contributed by atoms with Crippen LogP contribution in [0.1, 0.15) is 5.56 Å². The highest BCUT2D eigenvalue weighted by molar-refractivity contribution is 7.99. The van der Waals surface area contributed by atoms with Crippen molar-refractivity contribution < 1.29 is 0 Å². The standard InChI is InChI=1S/C13H10N4OS/c1-2-6-19-13-16-11(9-4-3-5-15-8-9)10(7-14)12(18)17-13/h2-5,8H,1,6H2,(H,16,17,18). The summed E-state index contributed by atoms with van der Waals surface area (Å²) in [5, 5.41) is 9.54. The van der Waals surface area contributed by atoms with E-state index in [4.69, 9.17) is 5.26 Å². The average Bonchev–Trinajstić information content (AvgIpc) is 2.45. The minimum absolute atomic E-state index is 0.00375. The monoisotopic (exact) mass is 270 g/mol. The van der Waals surface area contributed by atoms with Gasteiger partial charge in [-0.2, -0.15) is 5.26 Å². The van der Waals surface area contributed by atoms with Gasteiger partial charge in [0, 0.05) is 23.7 Å². The SMILES string of the molecule is C=CCSc1nc(-c2cccnc2)c(C#N)c(=O)[nH]1. The molecule has 2 rings (SSSR count). The Hall–Kier alpha value is -2.39. The summed E-state index contributed by atoms with van der Waals surface area (Å²) in [6.07, 6.45) is 4.91. The maximum Gasteiger partial charge on any atom is 0.270 e. The van der Waals surface area contributed by atoms with Crippen LogP contribution < -0.4 is 5.56 Å². The van der Waals surface area contributed by atoms with Crippen molar-refractivity contribution in [1.82, 2.24) is 15.0 Å². The summed E-state index contributed by atoms with van der Waals surface area (Å²) in [6, 6.07) is 5.38. The molecule has 6 heteroatoms. The lowest BCUT2D eigenvalue weighted by atomic mass is 10.1. The zero-order chi connectivity index (χ0) is 13.7. The second kappa shape index (κ2) is 5.98. The molecule has 2 aromatic rings. The molecule has 0 saturated heterocycles. The fourth-order valence-corrected chi connectivity index (χ4v) is 2.07. The molecule has 2 aromatic heterocycles. The Labute approximate surface area is 114 Å². The minimum Gasteiger partial charge on any atom is -0.300 e. The van der Waals surface area contributed by atoms with Crippen LogP contribution in [0.15, 0.2) is 47.1 Å². The van der Waals surface area contributed by atoms with E-state index in [1.807, 2.05) is 6.07 Å². The summed E-state index contributed by atoms with van der Waals surface area (Å²) in [5.74, 6) is 0.626. The van der Waals surface area contributed by atoms with Crippen LogP contribution in [0.25, 0.3) is 11.3 Å². The minimum atomic E-state index is -0.442. The van der Waals surface area contributed by atoms with E-state index >= 15 is 0 Å². The van der Waals surface area contributed by atoms with E-state index < -0.39 is 5.56 Å². The van der Waals surface area contributed by atoms with Crippen LogP contribution in [0.3, 0.4) is 0 Å². The van der Waals surface area contributed by atoms with E-state index in [1.54, 1.807) is 30.6 Å². The van der Waals surface area contributed by atoms with Crippen molar-refractivity contribution >= 4 is 11.8 Å². The molecular weight excluding hydrogens is 260 g/mol. The zero-order valence-electron chi connectivity index (χ0n) is 9.96. The number of rotatable bonds is 4. The first-order chi connectivity index (χ1) is 9.26. The summed E-state index contributed by atoms with van der Waals surface area (Å²) in [6.45, 7) is 3.61. The molecule has 0 unspecified atom stereocenters. The Morgan fingerprint density at radius 1 is 1.58 bits per heavy atom. The number of hydrogen-bond acceptors (Lipinski definition) is 5. The van der Waals surface area contributed by atoms with Crippen molar-refractivity contribution in [2.45, 2.75) is 5.16 Å². The average molecular weight is 270 g/mol. The quantitative estimate of drug-likeness (QED) is 0.522. The molecule has 0 fully saturated rings. The van der Waals surface area contributed by atoms with Crippen LogP contribution in [0.4, 0.5) is 0 Å². The fraction of sp³-hybridized carbons (Fsp3) is 0.0769. The molecule has 0 aliphatic heterocycles. The van der Waals surface area contributed by atoms with Crippen LogP contribution >= 0.6 is 11.8 Å². The molecule has 0 spiro atoms. The Balaban J connectivity index is 2.58. The van der Waals surface area contributed by atoms with Crippen molar-refractivity contribution in [3.05, 3.63) is 53.1 Å². The van der Waals surface area contributed by atoms with Gasteiger partial charge in [-0.1, -0.05) is 17.8 Å². The Kier molecular flexibility index (Phi) is 4.11. The van der Waals surface area contributed by atoms with E-state index in [1.165, 1.54) is 11.8 Å². The number of aromatic amines is 1. The first-order valence-electron chi connectivity index (χ1n) is 5.44. The van der Waals surface area contributed by atoms with Gasteiger partial charge in [0.2, 0.25) is 0 Å². The van der Waals surface area contributed by atoms with E-state index in [-0.39, 0.29) is 5.56 Å². The molecule has 0 aliphatic carbocycles. The predicted molar refractivity (Wildman–Crippen MR) is 73.7 cm³/mol. The predicted octanol–water partition coefficient (Wildman–Crippen LogP) is 1.98. The first-order valence-corrected chi connectivity index (χ1v) is 6.43. The Bertz CT molecular complexity index is 688.